The number of aliphatic hydroxyl groups excluding tert-OH is 1. The van der Waals surface area contributed by atoms with Gasteiger partial charge in [0.2, 0.25) is 0 Å². The van der Waals surface area contributed by atoms with Crippen LogP contribution in [0.4, 0.5) is 4.39 Å². The Hall–Kier alpha value is -0.970. The van der Waals surface area contributed by atoms with Crippen molar-refractivity contribution in [3.05, 3.63) is 35.9 Å². The number of rotatable bonds is 7. The summed E-state index contributed by atoms with van der Waals surface area (Å²) < 4.78 is 18.0. The fraction of sp³-hybridized carbons (Fsp3) is 0.571. The average Bonchev–Trinajstić information content (AvgIpc) is 2.36. The highest BCUT2D eigenvalue weighted by molar-refractivity contribution is 5.13. The van der Waals surface area contributed by atoms with Crippen LogP contribution < -0.4 is 0 Å². The first-order valence-electron chi connectivity index (χ1n) is 6.10. The maximum absolute atomic E-state index is 12.9. The molecule has 18 heavy (non-hydrogen) atoms. The zero-order valence-electron chi connectivity index (χ0n) is 10.8. The molecule has 1 aromatic rings. The van der Waals surface area contributed by atoms with Crippen LogP contribution >= 0.6 is 0 Å². The molecule has 3 nitrogen and oxygen atoms in total. The number of ether oxygens (including phenoxy) is 1. The lowest BCUT2D eigenvalue weighted by molar-refractivity contribution is -0.228. The van der Waals surface area contributed by atoms with Crippen LogP contribution in [0.15, 0.2) is 30.3 Å². The molecule has 4 heteroatoms. The van der Waals surface area contributed by atoms with Gasteiger partial charge < -0.3 is 14.9 Å². The highest BCUT2D eigenvalue weighted by atomic mass is 19.1. The first kappa shape index (κ1) is 15.1. The second-order valence-corrected chi connectivity index (χ2v) is 4.98. The molecular formula is C14H21FO3. The highest BCUT2D eigenvalue weighted by Gasteiger charge is 2.37. The van der Waals surface area contributed by atoms with Crippen molar-refractivity contribution in [1.29, 1.82) is 0 Å². The molecule has 0 amide bonds. The summed E-state index contributed by atoms with van der Waals surface area (Å²) in [6.45, 7) is 2.82. The Morgan fingerprint density at radius 1 is 1.28 bits per heavy atom. The summed E-state index contributed by atoms with van der Waals surface area (Å²) in [7, 11) is 0. The van der Waals surface area contributed by atoms with Crippen LogP contribution in [0.5, 0.6) is 0 Å². The largest absolute Gasteiger partial charge is 0.382 e. The summed E-state index contributed by atoms with van der Waals surface area (Å²) in [5, 5.41) is 19.8. The number of aliphatic hydroxyl groups is 2. The quantitative estimate of drug-likeness (QED) is 0.736. The van der Waals surface area contributed by atoms with Crippen LogP contribution in [-0.2, 0) is 11.3 Å². The van der Waals surface area contributed by atoms with Gasteiger partial charge in [0.05, 0.1) is 6.61 Å². The van der Waals surface area contributed by atoms with E-state index < -0.39 is 18.6 Å². The Bertz CT molecular complexity index is 342. The molecule has 0 spiro atoms. The van der Waals surface area contributed by atoms with Crippen LogP contribution in [0.25, 0.3) is 0 Å². The molecule has 2 atom stereocenters. The number of alkyl halides is 1. The molecule has 2 N–H and O–H groups in total. The second kappa shape index (κ2) is 6.83. The molecule has 1 aromatic carbocycles. The Morgan fingerprint density at radius 3 is 2.39 bits per heavy atom. The van der Waals surface area contributed by atoms with Crippen molar-refractivity contribution in [2.45, 2.75) is 38.8 Å². The van der Waals surface area contributed by atoms with Gasteiger partial charge in [-0.15, -0.1) is 0 Å². The lowest BCUT2D eigenvalue weighted by atomic mass is 9.93. The highest BCUT2D eigenvalue weighted by Crippen LogP contribution is 2.23. The standard InChI is InChI=1S/C14H21FO3/c1-11(2)8-14(17,10-15)13(16)18-9-12-6-4-3-5-7-12/h3-7,11,13,16-17H,8-10H2,1-2H3. The minimum atomic E-state index is -1.83. The van der Waals surface area contributed by atoms with E-state index >= 15 is 0 Å². The smallest absolute Gasteiger partial charge is 0.186 e. The summed E-state index contributed by atoms with van der Waals surface area (Å²) in [4.78, 5) is 0. The normalized spacial score (nSPS) is 16.6. The zero-order chi connectivity index (χ0) is 13.6. The molecule has 0 fully saturated rings. The lowest BCUT2D eigenvalue weighted by Gasteiger charge is -2.31. The topological polar surface area (TPSA) is 49.7 Å². The van der Waals surface area contributed by atoms with Crippen molar-refractivity contribution in [3.8, 4) is 0 Å². The van der Waals surface area contributed by atoms with Crippen molar-refractivity contribution < 1.29 is 19.3 Å². The minimum absolute atomic E-state index is 0.0701. The lowest BCUT2D eigenvalue weighted by Crippen LogP contribution is -2.47. The van der Waals surface area contributed by atoms with Gasteiger partial charge in [-0.05, 0) is 17.9 Å². The van der Waals surface area contributed by atoms with Crippen molar-refractivity contribution in [3.63, 3.8) is 0 Å². The van der Waals surface area contributed by atoms with Gasteiger partial charge >= 0.3 is 0 Å². The monoisotopic (exact) mass is 256 g/mol. The predicted molar refractivity (Wildman–Crippen MR) is 67.6 cm³/mol. The van der Waals surface area contributed by atoms with Crippen molar-refractivity contribution in [2.75, 3.05) is 6.67 Å². The van der Waals surface area contributed by atoms with Crippen molar-refractivity contribution in [1.82, 2.24) is 0 Å². The van der Waals surface area contributed by atoms with Gasteiger partial charge in [-0.1, -0.05) is 44.2 Å². The van der Waals surface area contributed by atoms with Gasteiger partial charge in [0, 0.05) is 0 Å². The molecule has 0 aromatic heterocycles. The predicted octanol–water partition coefficient (Wildman–Crippen LogP) is 2.27. The van der Waals surface area contributed by atoms with Gasteiger partial charge in [-0.25, -0.2) is 4.39 Å². The van der Waals surface area contributed by atoms with E-state index in [0.717, 1.165) is 5.56 Å². The summed E-state index contributed by atoms with van der Waals surface area (Å²) in [5.41, 5.74) is -0.967. The molecule has 102 valence electrons. The molecule has 0 saturated carbocycles. The van der Waals surface area contributed by atoms with Gasteiger partial charge in [0.25, 0.3) is 0 Å². The molecule has 0 aliphatic carbocycles. The molecule has 0 aliphatic heterocycles. The molecule has 2 unspecified atom stereocenters. The van der Waals surface area contributed by atoms with Crippen LogP contribution in [0.3, 0.4) is 0 Å². The van der Waals surface area contributed by atoms with Gasteiger partial charge in [0.15, 0.2) is 6.29 Å². The van der Waals surface area contributed by atoms with E-state index in [4.69, 9.17) is 4.74 Å². The number of benzene rings is 1. The van der Waals surface area contributed by atoms with Crippen molar-refractivity contribution >= 4 is 0 Å². The summed E-state index contributed by atoms with van der Waals surface area (Å²) >= 11 is 0. The summed E-state index contributed by atoms with van der Waals surface area (Å²) in [6, 6.07) is 9.24. The van der Waals surface area contributed by atoms with Crippen LogP contribution in [0, 0.1) is 5.92 Å². The summed E-state index contributed by atoms with van der Waals surface area (Å²) in [6.07, 6.45) is -1.37. The van der Waals surface area contributed by atoms with Crippen LogP contribution in [-0.4, -0.2) is 28.8 Å². The van der Waals surface area contributed by atoms with Gasteiger partial charge in [0.1, 0.15) is 12.3 Å². The first-order valence-corrected chi connectivity index (χ1v) is 6.10. The molecule has 0 aliphatic rings. The van der Waals surface area contributed by atoms with E-state index in [1.807, 2.05) is 44.2 Å². The third-order valence-corrected chi connectivity index (χ3v) is 2.70. The molecule has 0 bridgehead atoms. The second-order valence-electron chi connectivity index (χ2n) is 4.98. The Morgan fingerprint density at radius 2 is 1.89 bits per heavy atom. The fourth-order valence-electron chi connectivity index (χ4n) is 1.83. The van der Waals surface area contributed by atoms with E-state index in [0.29, 0.717) is 0 Å². The molecule has 0 heterocycles. The van der Waals surface area contributed by atoms with E-state index in [2.05, 4.69) is 0 Å². The molecular weight excluding hydrogens is 235 g/mol. The summed E-state index contributed by atoms with van der Waals surface area (Å²) in [5.74, 6) is 0.0701. The van der Waals surface area contributed by atoms with Gasteiger partial charge in [-0.2, -0.15) is 0 Å². The molecule has 1 rings (SSSR count). The fourth-order valence-corrected chi connectivity index (χ4v) is 1.83. The van der Waals surface area contributed by atoms with E-state index in [9.17, 15) is 14.6 Å². The Labute approximate surface area is 107 Å². The Balaban J connectivity index is 2.55. The van der Waals surface area contributed by atoms with Crippen LogP contribution in [0.2, 0.25) is 0 Å². The van der Waals surface area contributed by atoms with Crippen molar-refractivity contribution in [2.24, 2.45) is 5.92 Å². The molecule has 0 saturated heterocycles. The Kier molecular flexibility index (Phi) is 5.72. The van der Waals surface area contributed by atoms with E-state index in [1.54, 1.807) is 0 Å². The first-order chi connectivity index (χ1) is 8.48. The SMILES string of the molecule is CC(C)CC(O)(CF)C(O)OCc1ccccc1. The zero-order valence-corrected chi connectivity index (χ0v) is 10.8. The molecule has 0 radical (unpaired) electrons. The van der Waals surface area contributed by atoms with E-state index in [1.165, 1.54) is 0 Å². The number of hydrogen-bond acceptors (Lipinski definition) is 3. The van der Waals surface area contributed by atoms with E-state index in [-0.39, 0.29) is 18.9 Å². The minimum Gasteiger partial charge on any atom is -0.382 e. The third kappa shape index (κ3) is 4.37. The average molecular weight is 256 g/mol. The van der Waals surface area contributed by atoms with Crippen LogP contribution in [0.1, 0.15) is 25.8 Å². The number of halogens is 1. The maximum atomic E-state index is 12.9. The number of hydrogen-bond donors (Lipinski definition) is 2. The maximum Gasteiger partial charge on any atom is 0.186 e. The van der Waals surface area contributed by atoms with Gasteiger partial charge in [-0.3, -0.25) is 0 Å². The third-order valence-electron chi connectivity index (χ3n) is 2.70.